The molecule has 0 bridgehead atoms. The molecule has 0 radical (unpaired) electrons. The number of nitrogens with zero attached hydrogens (tertiary/aromatic N) is 4. The molecule has 1 heterocycles. The molecule has 5 nitrogen and oxygen atoms in total. The molecule has 0 spiro atoms. The van der Waals surface area contributed by atoms with Gasteiger partial charge in [0.15, 0.2) is 0 Å². The van der Waals surface area contributed by atoms with E-state index in [2.05, 4.69) is 60.1 Å². The maximum absolute atomic E-state index is 5.62. The van der Waals surface area contributed by atoms with Crippen molar-refractivity contribution >= 4 is 0 Å². The van der Waals surface area contributed by atoms with E-state index >= 15 is 0 Å². The molecule has 0 unspecified atom stereocenters. The lowest BCUT2D eigenvalue weighted by atomic mass is 10.1. The highest BCUT2D eigenvalue weighted by Crippen LogP contribution is 2.09. The molecule has 0 amide bonds. The molecule has 0 saturated heterocycles. The number of aromatic nitrogens is 3. The van der Waals surface area contributed by atoms with Gasteiger partial charge in [-0.15, -0.1) is 0 Å². The minimum absolute atomic E-state index is 0.569. The Kier molecular flexibility index (Phi) is 5.47. The summed E-state index contributed by atoms with van der Waals surface area (Å²) in [7, 11) is 2.10. The fourth-order valence-electron chi connectivity index (χ4n) is 2.30. The second-order valence-electron chi connectivity index (χ2n) is 5.95. The Morgan fingerprint density at radius 3 is 2.43 bits per heavy atom. The molecule has 0 aliphatic heterocycles. The van der Waals surface area contributed by atoms with E-state index in [1.807, 2.05) is 4.68 Å². The Labute approximate surface area is 126 Å². The van der Waals surface area contributed by atoms with E-state index in [1.54, 1.807) is 6.33 Å². The Hall–Kier alpha value is -1.72. The lowest BCUT2D eigenvalue weighted by Crippen LogP contribution is -2.21. The van der Waals surface area contributed by atoms with Crippen molar-refractivity contribution in [3.05, 3.63) is 47.5 Å². The van der Waals surface area contributed by atoms with Crippen molar-refractivity contribution in [2.75, 3.05) is 7.05 Å². The van der Waals surface area contributed by atoms with Gasteiger partial charge in [0.05, 0.1) is 6.54 Å². The molecular weight excluding hydrogens is 262 g/mol. The van der Waals surface area contributed by atoms with Crippen molar-refractivity contribution in [1.29, 1.82) is 0 Å². The number of nitrogens with two attached hydrogens (primary N) is 1. The molecule has 0 saturated carbocycles. The van der Waals surface area contributed by atoms with Crippen LogP contribution in [0.3, 0.4) is 0 Å². The average molecular weight is 287 g/mol. The first kappa shape index (κ1) is 15.7. The first-order chi connectivity index (χ1) is 10.1. The van der Waals surface area contributed by atoms with Gasteiger partial charge in [0, 0.05) is 19.6 Å². The van der Waals surface area contributed by atoms with E-state index in [-0.39, 0.29) is 0 Å². The van der Waals surface area contributed by atoms with Crippen LogP contribution in [0.1, 0.15) is 30.8 Å². The van der Waals surface area contributed by atoms with Crippen LogP contribution in [-0.2, 0) is 26.2 Å². The summed E-state index contributed by atoms with van der Waals surface area (Å²) in [5.74, 6) is 1.59. The summed E-state index contributed by atoms with van der Waals surface area (Å²) in [6.45, 7) is 7.57. The Morgan fingerprint density at radius 2 is 1.81 bits per heavy atom. The zero-order chi connectivity index (χ0) is 15.2. The van der Waals surface area contributed by atoms with Crippen molar-refractivity contribution < 1.29 is 0 Å². The van der Waals surface area contributed by atoms with Gasteiger partial charge in [0.25, 0.3) is 0 Å². The van der Waals surface area contributed by atoms with Crippen LogP contribution in [0.4, 0.5) is 0 Å². The van der Waals surface area contributed by atoms with Crippen molar-refractivity contribution in [2.24, 2.45) is 11.7 Å². The lowest BCUT2D eigenvalue weighted by molar-refractivity contribution is 0.298. The molecule has 2 N–H and O–H groups in total. The zero-order valence-electron chi connectivity index (χ0n) is 13.2. The Balaban J connectivity index is 1.94. The van der Waals surface area contributed by atoms with Crippen LogP contribution in [-0.4, -0.2) is 26.7 Å². The lowest BCUT2D eigenvalue weighted by Gasteiger charge is -2.17. The smallest absolute Gasteiger partial charge is 0.141 e. The van der Waals surface area contributed by atoms with Gasteiger partial charge < -0.3 is 5.73 Å². The van der Waals surface area contributed by atoms with Gasteiger partial charge in [-0.1, -0.05) is 38.1 Å². The maximum Gasteiger partial charge on any atom is 0.141 e. The normalized spacial score (nSPS) is 11.5. The summed E-state index contributed by atoms with van der Waals surface area (Å²) in [6, 6.07) is 8.45. The van der Waals surface area contributed by atoms with Crippen LogP contribution in [0, 0.1) is 5.92 Å². The molecule has 0 aliphatic rings. The summed E-state index contributed by atoms with van der Waals surface area (Å²) >= 11 is 0. The second-order valence-corrected chi connectivity index (χ2v) is 5.95. The monoisotopic (exact) mass is 287 g/mol. The van der Waals surface area contributed by atoms with Gasteiger partial charge in [-0.3, -0.25) is 4.90 Å². The molecule has 5 heteroatoms. The van der Waals surface area contributed by atoms with Gasteiger partial charge in [0.1, 0.15) is 12.2 Å². The van der Waals surface area contributed by atoms with Gasteiger partial charge in [-0.05, 0) is 24.1 Å². The topological polar surface area (TPSA) is 60.0 Å². The van der Waals surface area contributed by atoms with Crippen molar-refractivity contribution in [3.8, 4) is 0 Å². The molecule has 0 aliphatic carbocycles. The van der Waals surface area contributed by atoms with E-state index in [0.29, 0.717) is 12.5 Å². The molecule has 2 aromatic rings. The summed E-state index contributed by atoms with van der Waals surface area (Å²) in [6.07, 6.45) is 1.64. The highest BCUT2D eigenvalue weighted by Gasteiger charge is 2.09. The van der Waals surface area contributed by atoms with E-state index in [1.165, 1.54) is 5.56 Å². The summed E-state index contributed by atoms with van der Waals surface area (Å²) in [4.78, 5) is 6.62. The van der Waals surface area contributed by atoms with Gasteiger partial charge in [-0.25, -0.2) is 9.67 Å². The molecule has 1 aromatic heterocycles. The third-order valence-electron chi connectivity index (χ3n) is 3.36. The van der Waals surface area contributed by atoms with Crippen LogP contribution in [0.25, 0.3) is 0 Å². The van der Waals surface area contributed by atoms with Crippen LogP contribution >= 0.6 is 0 Å². The van der Waals surface area contributed by atoms with Crippen molar-refractivity contribution in [1.82, 2.24) is 19.7 Å². The molecule has 114 valence electrons. The third-order valence-corrected chi connectivity index (χ3v) is 3.36. The zero-order valence-corrected chi connectivity index (χ0v) is 13.2. The van der Waals surface area contributed by atoms with Crippen LogP contribution in [0.15, 0.2) is 30.6 Å². The number of hydrogen-bond donors (Lipinski definition) is 1. The minimum Gasteiger partial charge on any atom is -0.326 e. The molecular formula is C16H25N5. The first-order valence-electron chi connectivity index (χ1n) is 7.41. The van der Waals surface area contributed by atoms with Crippen molar-refractivity contribution in [2.45, 2.75) is 40.0 Å². The average Bonchev–Trinajstić information content (AvgIpc) is 2.86. The van der Waals surface area contributed by atoms with E-state index in [9.17, 15) is 0 Å². The van der Waals surface area contributed by atoms with E-state index in [4.69, 9.17) is 5.73 Å². The predicted octanol–water partition coefficient (Wildman–Crippen LogP) is 2.02. The molecule has 21 heavy (non-hydrogen) atoms. The minimum atomic E-state index is 0.569. The number of rotatable bonds is 7. The summed E-state index contributed by atoms with van der Waals surface area (Å²) in [5.41, 5.74) is 8.07. The molecule has 0 atom stereocenters. The van der Waals surface area contributed by atoms with Crippen LogP contribution in [0.2, 0.25) is 0 Å². The van der Waals surface area contributed by atoms with Gasteiger partial charge in [0.2, 0.25) is 0 Å². The van der Waals surface area contributed by atoms with Gasteiger partial charge in [-0.2, -0.15) is 5.10 Å². The number of benzene rings is 1. The van der Waals surface area contributed by atoms with Crippen molar-refractivity contribution in [3.63, 3.8) is 0 Å². The quantitative estimate of drug-likeness (QED) is 0.846. The fraction of sp³-hybridized carbons (Fsp3) is 0.500. The molecule has 2 rings (SSSR count). The summed E-state index contributed by atoms with van der Waals surface area (Å²) < 4.78 is 2.00. The predicted molar refractivity (Wildman–Crippen MR) is 84.4 cm³/mol. The Morgan fingerprint density at radius 1 is 1.14 bits per heavy atom. The molecule has 1 aromatic carbocycles. The first-order valence-corrected chi connectivity index (χ1v) is 7.41. The maximum atomic E-state index is 5.62. The van der Waals surface area contributed by atoms with Crippen LogP contribution in [0.5, 0.6) is 0 Å². The highest BCUT2D eigenvalue weighted by atomic mass is 15.3. The number of hydrogen-bond acceptors (Lipinski definition) is 4. The fourth-order valence-corrected chi connectivity index (χ4v) is 2.30. The van der Waals surface area contributed by atoms with Crippen LogP contribution < -0.4 is 5.73 Å². The third kappa shape index (κ3) is 4.65. The molecule has 0 fully saturated rings. The second kappa shape index (κ2) is 7.33. The Bertz CT molecular complexity index is 544. The van der Waals surface area contributed by atoms with E-state index < -0.39 is 0 Å². The largest absolute Gasteiger partial charge is 0.326 e. The van der Waals surface area contributed by atoms with E-state index in [0.717, 1.165) is 31.0 Å². The van der Waals surface area contributed by atoms with Gasteiger partial charge >= 0.3 is 0 Å². The SMILES string of the molecule is CC(C)Cn1ncnc1CN(C)Cc1ccc(CN)cc1. The summed E-state index contributed by atoms with van der Waals surface area (Å²) in [5, 5.41) is 4.30. The highest BCUT2D eigenvalue weighted by molar-refractivity contribution is 5.22. The standard InChI is InChI=1S/C16H25N5/c1-13(2)9-21-16(18-12-19-21)11-20(3)10-15-6-4-14(8-17)5-7-15/h4-7,12-13H,8-11,17H2,1-3H3.